The van der Waals surface area contributed by atoms with Gasteiger partial charge in [0.15, 0.2) is 12.2 Å². The fourth-order valence-electron chi connectivity index (χ4n) is 8.84. The number of aliphatic hydroxyl groups excluding tert-OH is 1. The van der Waals surface area contributed by atoms with Gasteiger partial charge in [-0.1, -0.05) is 259 Å². The van der Waals surface area contributed by atoms with Crippen molar-refractivity contribution in [1.82, 2.24) is 0 Å². The van der Waals surface area contributed by atoms with Crippen molar-refractivity contribution < 1.29 is 80.2 Å². The molecule has 0 aromatic carbocycles. The molecule has 3 N–H and O–H groups in total. The predicted molar refractivity (Wildman–Crippen MR) is 426 cm³/mol. The highest BCUT2D eigenvalue weighted by molar-refractivity contribution is 7.47. The number of ether oxygens (including phenoxy) is 4. The van der Waals surface area contributed by atoms with Gasteiger partial charge in [0.05, 0.1) is 32.8 Å². The van der Waals surface area contributed by atoms with Crippen LogP contribution < -0.4 is 0 Å². The molecule has 104 heavy (non-hydrogen) atoms. The zero-order chi connectivity index (χ0) is 76.0. The van der Waals surface area contributed by atoms with Crippen molar-refractivity contribution in [2.75, 3.05) is 39.6 Å². The number of hydrogen-bond donors (Lipinski definition) is 3. The molecule has 582 valence electrons. The summed E-state index contributed by atoms with van der Waals surface area (Å²) in [5, 5.41) is 10.6. The summed E-state index contributed by atoms with van der Waals surface area (Å²) in [5.41, 5.74) is 0. The Morgan fingerprint density at radius 2 is 0.519 bits per heavy atom. The van der Waals surface area contributed by atoms with Crippen LogP contribution in [-0.4, -0.2) is 96.7 Å². The first-order valence-electron chi connectivity index (χ1n) is 38.0. The van der Waals surface area contributed by atoms with Crippen molar-refractivity contribution in [3.63, 3.8) is 0 Å². The van der Waals surface area contributed by atoms with Crippen LogP contribution >= 0.6 is 15.6 Å². The minimum Gasteiger partial charge on any atom is -0.462 e. The summed E-state index contributed by atoms with van der Waals surface area (Å²) in [7, 11) is -10.0. The number of allylic oxidation sites excluding steroid dienone is 35. The van der Waals surface area contributed by atoms with Gasteiger partial charge in [-0.3, -0.25) is 37.3 Å². The summed E-state index contributed by atoms with van der Waals surface area (Å²) in [6, 6.07) is 0. The van der Waals surface area contributed by atoms with Crippen molar-refractivity contribution in [2.24, 2.45) is 0 Å². The summed E-state index contributed by atoms with van der Waals surface area (Å²) in [5.74, 6) is -2.50. The van der Waals surface area contributed by atoms with Crippen molar-refractivity contribution in [3.05, 3.63) is 219 Å². The van der Waals surface area contributed by atoms with E-state index in [0.29, 0.717) is 38.5 Å². The number of carbonyl (C=O) groups is 4. The van der Waals surface area contributed by atoms with E-state index in [1.165, 1.54) is 0 Å². The SMILES string of the molecule is CC/C=C\C/C=C\C/C=C\C/C=C\C/C=C\CCCC(=O)OCC(COP(=O)(O)OCC(O)COP(=O)(O)OCC(COC(=O)CCCCCC/C=C\C/C=C\C/C=C\C/C=C\CC)OC(=O)CCCC/C=C\C/C=C\C/C=C\C/C=C\CC)OC(=O)C/C=C\C/C=C\C/C=C\C/C=C\C/C=C\CC. The van der Waals surface area contributed by atoms with Gasteiger partial charge in [-0.05, 0) is 167 Å². The fraction of sp³-hybridized carbons (Fsp3) is 0.529. The van der Waals surface area contributed by atoms with Gasteiger partial charge in [0.25, 0.3) is 0 Å². The Labute approximate surface area is 626 Å². The van der Waals surface area contributed by atoms with Crippen molar-refractivity contribution >= 4 is 39.5 Å². The number of phosphoric ester groups is 2. The number of esters is 4. The van der Waals surface area contributed by atoms with Gasteiger partial charge in [-0.2, -0.15) is 0 Å². The Hall–Kier alpha value is -6.62. The van der Waals surface area contributed by atoms with Gasteiger partial charge < -0.3 is 33.8 Å². The van der Waals surface area contributed by atoms with Crippen LogP contribution in [0.2, 0.25) is 0 Å². The number of phosphoric acid groups is 2. The molecule has 19 heteroatoms. The monoisotopic (exact) mass is 1480 g/mol. The van der Waals surface area contributed by atoms with Crippen LogP contribution in [0.1, 0.15) is 233 Å². The van der Waals surface area contributed by atoms with E-state index < -0.39 is 97.5 Å². The molecule has 0 fully saturated rings. The van der Waals surface area contributed by atoms with E-state index in [4.69, 9.17) is 37.0 Å². The van der Waals surface area contributed by atoms with Crippen LogP contribution in [0.25, 0.3) is 0 Å². The van der Waals surface area contributed by atoms with Crippen LogP contribution in [0.4, 0.5) is 0 Å². The first kappa shape index (κ1) is 97.4. The smallest absolute Gasteiger partial charge is 0.462 e. The molecule has 0 aliphatic carbocycles. The molecule has 0 spiro atoms. The molecule has 0 heterocycles. The van der Waals surface area contributed by atoms with Gasteiger partial charge in [-0.25, -0.2) is 9.13 Å². The fourth-order valence-corrected chi connectivity index (χ4v) is 10.4. The third kappa shape index (κ3) is 73.7. The molecule has 5 atom stereocenters. The quantitative estimate of drug-likeness (QED) is 0.0169. The third-order valence-electron chi connectivity index (χ3n) is 14.5. The molecule has 17 nitrogen and oxygen atoms in total. The lowest BCUT2D eigenvalue weighted by Crippen LogP contribution is -2.30. The van der Waals surface area contributed by atoms with Crippen LogP contribution in [0, 0.1) is 0 Å². The van der Waals surface area contributed by atoms with Crippen LogP contribution in [-0.2, 0) is 65.4 Å². The van der Waals surface area contributed by atoms with E-state index in [9.17, 15) is 43.2 Å². The molecule has 0 rings (SSSR count). The van der Waals surface area contributed by atoms with E-state index in [0.717, 1.165) is 141 Å². The van der Waals surface area contributed by atoms with Gasteiger partial charge >= 0.3 is 39.5 Å². The number of unbranched alkanes of at least 4 members (excludes halogenated alkanes) is 7. The molecule has 0 aliphatic heterocycles. The lowest BCUT2D eigenvalue weighted by atomic mass is 10.1. The third-order valence-corrected chi connectivity index (χ3v) is 16.4. The topological polar surface area (TPSA) is 237 Å². The molecule has 0 aromatic heterocycles. The van der Waals surface area contributed by atoms with E-state index in [1.54, 1.807) is 12.2 Å². The Morgan fingerprint density at radius 1 is 0.279 bits per heavy atom. The Morgan fingerprint density at radius 3 is 0.856 bits per heavy atom. The second-order valence-electron chi connectivity index (χ2n) is 24.1. The molecule has 0 aliphatic rings. The highest BCUT2D eigenvalue weighted by Gasteiger charge is 2.30. The Kier molecular flexibility index (Phi) is 69.9. The van der Waals surface area contributed by atoms with Crippen molar-refractivity contribution in [3.8, 4) is 0 Å². The normalized spacial score (nSPS) is 15.1. The lowest BCUT2D eigenvalue weighted by molar-refractivity contribution is -0.161. The number of carbonyl (C=O) groups excluding carboxylic acids is 4. The number of aliphatic hydroxyl groups is 1. The summed E-state index contributed by atoms with van der Waals surface area (Å²) < 4.78 is 68.2. The molecular formula is C85H130O17P2. The molecule has 0 saturated heterocycles. The number of rotatable bonds is 68. The molecule has 0 saturated carbocycles. The molecule has 5 unspecified atom stereocenters. The van der Waals surface area contributed by atoms with Crippen molar-refractivity contribution in [1.29, 1.82) is 0 Å². The molecule has 0 radical (unpaired) electrons. The largest absolute Gasteiger partial charge is 0.472 e. The second-order valence-corrected chi connectivity index (χ2v) is 27.0. The predicted octanol–water partition coefficient (Wildman–Crippen LogP) is 22.1. The van der Waals surface area contributed by atoms with E-state index in [2.05, 4.69) is 204 Å². The molecular weight excluding hydrogens is 1350 g/mol. The zero-order valence-corrected chi connectivity index (χ0v) is 65.1. The maximum atomic E-state index is 13.1. The van der Waals surface area contributed by atoms with Crippen LogP contribution in [0.3, 0.4) is 0 Å². The van der Waals surface area contributed by atoms with Gasteiger partial charge in [-0.15, -0.1) is 0 Å². The second kappa shape index (κ2) is 74.6. The van der Waals surface area contributed by atoms with Crippen molar-refractivity contribution in [2.45, 2.75) is 251 Å². The minimum absolute atomic E-state index is 0.0231. The summed E-state index contributed by atoms with van der Waals surface area (Å²) in [6.07, 6.45) is 94.1. The lowest BCUT2D eigenvalue weighted by Gasteiger charge is -2.21. The molecule has 0 aromatic rings. The Bertz CT molecular complexity index is 2840. The maximum Gasteiger partial charge on any atom is 0.472 e. The zero-order valence-electron chi connectivity index (χ0n) is 63.3. The van der Waals surface area contributed by atoms with Crippen LogP contribution in [0.5, 0.6) is 0 Å². The van der Waals surface area contributed by atoms with Gasteiger partial charge in [0, 0.05) is 19.3 Å². The Balaban J connectivity index is 5.57. The summed E-state index contributed by atoms with van der Waals surface area (Å²) in [4.78, 5) is 72.8. The number of hydrogen-bond acceptors (Lipinski definition) is 15. The molecule has 0 bridgehead atoms. The van der Waals surface area contributed by atoms with Crippen LogP contribution in [0.15, 0.2) is 219 Å². The standard InChI is InChI=1S/C85H130O17P2/c1-5-9-13-17-21-25-29-33-37-39-43-45-49-53-57-61-65-69-82(87)95-75-80(101-84(89)71-67-63-59-55-51-47-41-35-31-27-23-19-15-11-7-3)77-99-103(91,92)97-73-79(86)74-98-104(93,94)100-78-81(102-85(90)72-68-64-60-56-52-48-42-36-32-28-24-20-16-12-8-4)76-96-83(88)70-66-62-58-54-50-46-44-40-38-34-30-26-22-18-14-10-6-2/h9-16,21-28,33-38,41-46,51-53,55-57,63,67,79-81,86H,5-8,17-20,29-32,39-40,47-50,54,58-62,64-66,68-78H2,1-4H3,(H,91,92)(H,93,94)/b13-9-,14-10-,15-11-,16-12-,25-21-,26-22-,27-23-,28-24-,37-33-,38-34-,41-35-,42-36-,45-43-,46-44-,55-51-,56-52-,57-53-,67-63-. The summed E-state index contributed by atoms with van der Waals surface area (Å²) in [6.45, 7) is 4.09. The highest BCUT2D eigenvalue weighted by Crippen LogP contribution is 2.45. The maximum absolute atomic E-state index is 13.1. The van der Waals surface area contributed by atoms with E-state index in [-0.39, 0.29) is 25.7 Å². The van der Waals surface area contributed by atoms with Gasteiger partial charge in [0.1, 0.15) is 19.3 Å². The van der Waals surface area contributed by atoms with Gasteiger partial charge in [0.2, 0.25) is 0 Å². The first-order valence-corrected chi connectivity index (χ1v) is 41.0. The summed E-state index contributed by atoms with van der Waals surface area (Å²) >= 11 is 0. The van der Waals surface area contributed by atoms with E-state index >= 15 is 0 Å². The molecule has 0 amide bonds. The first-order chi connectivity index (χ1) is 50.7. The average molecular weight is 1490 g/mol. The minimum atomic E-state index is -5.03. The van der Waals surface area contributed by atoms with E-state index in [1.807, 2.05) is 30.4 Å². The average Bonchev–Trinajstić information content (AvgIpc) is 0.937. The highest BCUT2D eigenvalue weighted by atomic mass is 31.2.